The highest BCUT2D eigenvalue weighted by Crippen LogP contribution is 2.35. The van der Waals surface area contributed by atoms with Crippen LogP contribution < -0.4 is 4.90 Å². The van der Waals surface area contributed by atoms with E-state index in [1.807, 2.05) is 6.07 Å². The van der Waals surface area contributed by atoms with Gasteiger partial charge in [0.1, 0.15) is 6.07 Å². The number of halogens is 1. The Labute approximate surface area is 122 Å². The predicted octanol–water partition coefficient (Wildman–Crippen LogP) is 1.90. The smallest absolute Gasteiger partial charge is 0.324 e. The zero-order valence-electron chi connectivity index (χ0n) is 11.0. The number of hydrogen-bond acceptors (Lipinski definition) is 3. The van der Waals surface area contributed by atoms with E-state index in [4.69, 9.17) is 16.9 Å². The molecular formula is C14H14ClN3O2. The molecule has 104 valence electrons. The first-order valence-corrected chi connectivity index (χ1v) is 6.87. The molecule has 1 aromatic carbocycles. The summed E-state index contributed by atoms with van der Waals surface area (Å²) >= 11 is 6.15. The lowest BCUT2D eigenvalue weighted by molar-refractivity contribution is 0.144. The standard InChI is InChI=1S/C14H14ClN3O2/c1-8-10(3-2-9(6-16)13(8)15)18-7-11-12(19)4-5-17(11)14(18)20/h2-3,11-12,19H,4-5,7H2,1H3/t11?,12-/m0/s1. The Kier molecular flexibility index (Phi) is 3.08. The third-order valence-electron chi connectivity index (χ3n) is 4.13. The van der Waals surface area contributed by atoms with Crippen molar-refractivity contribution in [2.75, 3.05) is 18.0 Å². The van der Waals surface area contributed by atoms with Crippen LogP contribution in [0.5, 0.6) is 0 Å². The van der Waals surface area contributed by atoms with E-state index in [1.165, 1.54) is 0 Å². The molecule has 0 radical (unpaired) electrons. The van der Waals surface area contributed by atoms with E-state index in [1.54, 1.807) is 28.9 Å². The Morgan fingerprint density at radius 2 is 2.25 bits per heavy atom. The lowest BCUT2D eigenvalue weighted by Gasteiger charge is -2.20. The minimum atomic E-state index is -0.460. The highest BCUT2D eigenvalue weighted by Gasteiger charge is 2.45. The molecule has 1 unspecified atom stereocenters. The van der Waals surface area contributed by atoms with E-state index in [2.05, 4.69) is 0 Å². The monoisotopic (exact) mass is 291 g/mol. The third-order valence-corrected chi connectivity index (χ3v) is 4.61. The Balaban J connectivity index is 1.98. The number of benzene rings is 1. The number of amides is 2. The first-order valence-electron chi connectivity index (χ1n) is 6.50. The Morgan fingerprint density at radius 1 is 1.50 bits per heavy atom. The van der Waals surface area contributed by atoms with Gasteiger partial charge in [-0.3, -0.25) is 4.90 Å². The Bertz CT molecular complexity index is 626. The quantitative estimate of drug-likeness (QED) is 0.859. The van der Waals surface area contributed by atoms with Crippen LogP contribution >= 0.6 is 11.6 Å². The van der Waals surface area contributed by atoms with Crippen LogP contribution in [0.2, 0.25) is 5.02 Å². The number of nitrogens with zero attached hydrogens (tertiary/aromatic N) is 3. The number of fused-ring (bicyclic) bond motifs is 1. The van der Waals surface area contributed by atoms with Crippen molar-refractivity contribution in [2.45, 2.75) is 25.5 Å². The van der Waals surface area contributed by atoms with Gasteiger partial charge in [-0.05, 0) is 31.0 Å². The molecule has 20 heavy (non-hydrogen) atoms. The largest absolute Gasteiger partial charge is 0.391 e. The molecule has 0 spiro atoms. The van der Waals surface area contributed by atoms with E-state index in [-0.39, 0.29) is 12.1 Å². The highest BCUT2D eigenvalue weighted by atomic mass is 35.5. The van der Waals surface area contributed by atoms with Gasteiger partial charge in [0.05, 0.1) is 29.3 Å². The molecule has 5 nitrogen and oxygen atoms in total. The number of aliphatic hydroxyl groups is 1. The molecule has 0 saturated carbocycles. The topological polar surface area (TPSA) is 67.6 Å². The molecule has 3 rings (SSSR count). The number of rotatable bonds is 1. The minimum Gasteiger partial charge on any atom is -0.391 e. The molecule has 1 aromatic rings. The molecule has 2 fully saturated rings. The fraction of sp³-hybridized carbons (Fsp3) is 0.429. The van der Waals surface area contributed by atoms with Gasteiger partial charge in [0.25, 0.3) is 0 Å². The van der Waals surface area contributed by atoms with Gasteiger partial charge in [0, 0.05) is 12.2 Å². The number of aliphatic hydroxyl groups excluding tert-OH is 1. The van der Waals surface area contributed by atoms with Crippen LogP contribution in [0.15, 0.2) is 12.1 Å². The van der Waals surface area contributed by atoms with Crippen molar-refractivity contribution in [1.29, 1.82) is 5.26 Å². The molecule has 2 saturated heterocycles. The van der Waals surface area contributed by atoms with Crippen LogP contribution in [0.1, 0.15) is 17.5 Å². The molecular weight excluding hydrogens is 278 g/mol. The lowest BCUT2D eigenvalue weighted by Crippen LogP contribution is -2.33. The summed E-state index contributed by atoms with van der Waals surface area (Å²) in [5.41, 5.74) is 1.83. The van der Waals surface area contributed by atoms with Crippen molar-refractivity contribution in [3.63, 3.8) is 0 Å². The van der Waals surface area contributed by atoms with E-state index >= 15 is 0 Å². The molecule has 2 heterocycles. The van der Waals surface area contributed by atoms with Crippen LogP contribution in [0.25, 0.3) is 0 Å². The van der Waals surface area contributed by atoms with Gasteiger partial charge in [-0.25, -0.2) is 4.79 Å². The fourth-order valence-electron chi connectivity index (χ4n) is 2.97. The zero-order valence-corrected chi connectivity index (χ0v) is 11.8. The molecule has 2 atom stereocenters. The first-order chi connectivity index (χ1) is 9.54. The number of urea groups is 1. The second kappa shape index (κ2) is 4.65. The van der Waals surface area contributed by atoms with E-state index in [0.29, 0.717) is 35.8 Å². The van der Waals surface area contributed by atoms with Gasteiger partial charge in [-0.15, -0.1) is 0 Å². The summed E-state index contributed by atoms with van der Waals surface area (Å²) in [7, 11) is 0. The molecule has 0 aromatic heterocycles. The van der Waals surface area contributed by atoms with Crippen molar-refractivity contribution in [3.8, 4) is 6.07 Å². The van der Waals surface area contributed by atoms with E-state index in [9.17, 15) is 9.90 Å². The van der Waals surface area contributed by atoms with E-state index in [0.717, 1.165) is 5.56 Å². The third kappa shape index (κ3) is 1.76. The molecule has 2 aliphatic rings. The zero-order chi connectivity index (χ0) is 14.4. The number of hydrogen-bond donors (Lipinski definition) is 1. The maximum Gasteiger partial charge on any atom is 0.324 e. The van der Waals surface area contributed by atoms with E-state index < -0.39 is 6.10 Å². The van der Waals surface area contributed by atoms with Crippen LogP contribution in [-0.2, 0) is 0 Å². The number of anilines is 1. The molecule has 0 aliphatic carbocycles. The summed E-state index contributed by atoms with van der Waals surface area (Å²) in [6, 6.07) is 5.15. The fourth-order valence-corrected chi connectivity index (χ4v) is 3.17. The van der Waals surface area contributed by atoms with Gasteiger partial charge in [0.15, 0.2) is 0 Å². The van der Waals surface area contributed by atoms with Crippen molar-refractivity contribution in [1.82, 2.24) is 4.90 Å². The van der Waals surface area contributed by atoms with Gasteiger partial charge >= 0.3 is 6.03 Å². The van der Waals surface area contributed by atoms with Crippen molar-refractivity contribution in [2.24, 2.45) is 0 Å². The molecule has 1 N–H and O–H groups in total. The summed E-state index contributed by atoms with van der Waals surface area (Å²) in [5, 5.41) is 19.2. The van der Waals surface area contributed by atoms with Crippen molar-refractivity contribution >= 4 is 23.3 Å². The predicted molar refractivity (Wildman–Crippen MR) is 74.8 cm³/mol. The van der Waals surface area contributed by atoms with Crippen LogP contribution in [0.4, 0.5) is 10.5 Å². The Morgan fingerprint density at radius 3 is 2.90 bits per heavy atom. The number of carbonyl (C=O) groups is 1. The second-order valence-corrected chi connectivity index (χ2v) is 5.57. The maximum atomic E-state index is 12.4. The summed E-state index contributed by atoms with van der Waals surface area (Å²) in [5.74, 6) is 0. The average Bonchev–Trinajstić information content (AvgIpc) is 2.95. The Hall–Kier alpha value is -1.77. The normalized spacial score (nSPS) is 25.0. The van der Waals surface area contributed by atoms with Crippen molar-refractivity contribution < 1.29 is 9.90 Å². The lowest BCUT2D eigenvalue weighted by atomic mass is 10.1. The first kappa shape index (κ1) is 13.2. The minimum absolute atomic E-state index is 0.101. The molecule has 6 heteroatoms. The second-order valence-electron chi connectivity index (χ2n) is 5.19. The van der Waals surface area contributed by atoms with Gasteiger partial charge < -0.3 is 10.0 Å². The van der Waals surface area contributed by atoms with Crippen LogP contribution in [0, 0.1) is 18.3 Å². The van der Waals surface area contributed by atoms with Crippen LogP contribution in [-0.4, -0.2) is 41.3 Å². The molecule has 0 bridgehead atoms. The summed E-state index contributed by atoms with van der Waals surface area (Å²) in [4.78, 5) is 15.7. The summed E-state index contributed by atoms with van der Waals surface area (Å²) in [6.45, 7) is 2.85. The van der Waals surface area contributed by atoms with Crippen LogP contribution in [0.3, 0.4) is 0 Å². The maximum absolute atomic E-state index is 12.4. The highest BCUT2D eigenvalue weighted by molar-refractivity contribution is 6.33. The van der Waals surface area contributed by atoms with Gasteiger partial charge in [-0.2, -0.15) is 5.26 Å². The number of nitriles is 1. The number of carbonyl (C=O) groups excluding carboxylic acids is 1. The van der Waals surface area contributed by atoms with Crippen molar-refractivity contribution in [3.05, 3.63) is 28.3 Å². The molecule has 2 aliphatic heterocycles. The van der Waals surface area contributed by atoms with Gasteiger partial charge in [-0.1, -0.05) is 11.6 Å². The van der Waals surface area contributed by atoms with Gasteiger partial charge in [0.2, 0.25) is 0 Å². The molecule has 2 amide bonds. The average molecular weight is 292 g/mol. The summed E-state index contributed by atoms with van der Waals surface area (Å²) in [6.07, 6.45) is 0.176. The summed E-state index contributed by atoms with van der Waals surface area (Å²) < 4.78 is 0. The SMILES string of the molecule is Cc1c(N2CC3[C@@H](O)CCN3C2=O)ccc(C#N)c1Cl.